The highest BCUT2D eigenvalue weighted by atomic mass is 32.2. The first-order valence-electron chi connectivity index (χ1n) is 20.0. The number of ether oxygens (including phenoxy) is 1. The number of nitrogens with two attached hydrogens (primary N) is 1. The number of sulfone groups is 1. The zero-order valence-corrected chi connectivity index (χ0v) is 33.1. The van der Waals surface area contributed by atoms with Crippen LogP contribution in [-0.2, 0) is 24.8 Å². The normalized spacial score (nSPS) is 25.9. The number of piperidine rings is 1. The van der Waals surface area contributed by atoms with Crippen LogP contribution in [0.1, 0.15) is 57.4 Å². The van der Waals surface area contributed by atoms with E-state index in [-0.39, 0.29) is 36.1 Å². The molecule has 0 aromatic heterocycles. The third-order valence-corrected chi connectivity index (χ3v) is 15.5. The number of rotatable bonds is 14. The van der Waals surface area contributed by atoms with Gasteiger partial charge in [-0.3, -0.25) is 4.79 Å². The highest BCUT2D eigenvalue weighted by Crippen LogP contribution is 2.56. The van der Waals surface area contributed by atoms with Crippen LogP contribution in [0.15, 0.2) is 53.4 Å². The lowest BCUT2D eigenvalue weighted by atomic mass is 9.56. The minimum absolute atomic E-state index is 0.00475. The van der Waals surface area contributed by atoms with Crippen molar-refractivity contribution in [1.82, 2.24) is 19.6 Å². The zero-order chi connectivity index (χ0) is 38.3. The third kappa shape index (κ3) is 7.88. The number of likely N-dealkylation sites (tertiary alicyclic amines) is 3. The van der Waals surface area contributed by atoms with Crippen molar-refractivity contribution in [1.29, 1.82) is 0 Å². The van der Waals surface area contributed by atoms with Crippen LogP contribution < -0.4 is 10.6 Å². The smallest absolute Gasteiger partial charge is 0.405 e. The van der Waals surface area contributed by atoms with E-state index in [1.165, 1.54) is 12.5 Å². The van der Waals surface area contributed by atoms with Crippen LogP contribution in [0.4, 0.5) is 14.9 Å². The molecular formula is C41H59FN6O5S. The number of halogens is 1. The SMILES string of the molecule is CN(C)CCC(=O)N1CC(S(=O)(=O)c2ccc(N3CC(CN4CCC([C@@](CN5CCC5)(c5cccc(F)c5)C5CCCC5(C)OC(N)=O)CC4)C3)cc2)C1. The Morgan fingerprint density at radius 1 is 0.963 bits per heavy atom. The monoisotopic (exact) mass is 766 g/mol. The Balaban J connectivity index is 0.959. The van der Waals surface area contributed by atoms with E-state index in [1.54, 1.807) is 23.1 Å². The molecule has 0 spiro atoms. The highest BCUT2D eigenvalue weighted by molar-refractivity contribution is 7.92. The second kappa shape index (κ2) is 15.7. The molecule has 2 N–H and O–H groups in total. The molecule has 4 saturated heterocycles. The summed E-state index contributed by atoms with van der Waals surface area (Å²) in [4.78, 5) is 35.9. The molecule has 2 aromatic rings. The first-order valence-corrected chi connectivity index (χ1v) is 21.5. The fraction of sp³-hybridized carbons (Fsp3) is 0.659. The van der Waals surface area contributed by atoms with Crippen molar-refractivity contribution in [2.75, 3.05) is 91.0 Å². The van der Waals surface area contributed by atoms with Gasteiger partial charge in [0.15, 0.2) is 9.84 Å². The van der Waals surface area contributed by atoms with Gasteiger partial charge in [0.05, 0.1) is 4.90 Å². The van der Waals surface area contributed by atoms with E-state index in [0.717, 1.165) is 95.7 Å². The summed E-state index contributed by atoms with van der Waals surface area (Å²) in [7, 11) is 0.337. The van der Waals surface area contributed by atoms with Crippen LogP contribution in [0.25, 0.3) is 0 Å². The molecule has 5 aliphatic rings. The van der Waals surface area contributed by atoms with Crippen molar-refractivity contribution < 1.29 is 27.1 Å². The van der Waals surface area contributed by atoms with Crippen LogP contribution in [0.3, 0.4) is 0 Å². The molecule has 4 aliphatic heterocycles. The molecule has 11 nitrogen and oxygen atoms in total. The minimum atomic E-state index is -3.50. The van der Waals surface area contributed by atoms with E-state index in [1.807, 2.05) is 44.1 Å². The molecule has 0 bridgehead atoms. The number of anilines is 1. The standard InChI is InChI=1S/C41H59FN6O5S/c1-40(53-39(43)50)17-5-9-37(40)41(29-46-18-6-19-46,32-7-4-8-33(42)23-32)31-14-21-45(22-15-31)24-30-25-47(26-30)34-10-12-35(13-11-34)54(51,52)36-27-48(28-36)38(49)16-20-44(2)3/h4,7-8,10-13,23,30-31,36-37H,5-6,9,14-22,24-29H2,1-3H3,(H2,43,50)/t37?,40?,41-/m0/s1. The largest absolute Gasteiger partial charge is 0.443 e. The lowest BCUT2D eigenvalue weighted by Crippen LogP contribution is -2.60. The average molecular weight is 767 g/mol. The quantitative estimate of drug-likeness (QED) is 0.302. The van der Waals surface area contributed by atoms with E-state index in [0.29, 0.717) is 29.7 Å². The highest BCUT2D eigenvalue weighted by Gasteiger charge is 2.58. The van der Waals surface area contributed by atoms with Crippen LogP contribution in [0.2, 0.25) is 0 Å². The van der Waals surface area contributed by atoms with Gasteiger partial charge in [-0.05, 0) is 134 Å². The van der Waals surface area contributed by atoms with Gasteiger partial charge in [-0.15, -0.1) is 0 Å². The number of primary amides is 1. The number of hydrogen-bond acceptors (Lipinski definition) is 9. The van der Waals surface area contributed by atoms with Gasteiger partial charge in [-0.25, -0.2) is 17.6 Å². The number of benzene rings is 2. The van der Waals surface area contributed by atoms with Gasteiger partial charge in [0.2, 0.25) is 5.91 Å². The zero-order valence-electron chi connectivity index (χ0n) is 32.3. The van der Waals surface area contributed by atoms with E-state index in [2.05, 4.69) is 20.8 Å². The molecule has 5 fully saturated rings. The summed E-state index contributed by atoms with van der Waals surface area (Å²) in [5.74, 6) is 0.628. The number of hydrogen-bond donors (Lipinski definition) is 1. The Morgan fingerprint density at radius 3 is 2.28 bits per heavy atom. The first kappa shape index (κ1) is 39.0. The van der Waals surface area contributed by atoms with E-state index in [9.17, 15) is 18.0 Å². The molecular weight excluding hydrogens is 708 g/mol. The molecule has 2 amide bonds. The molecule has 54 heavy (non-hydrogen) atoms. The van der Waals surface area contributed by atoms with Crippen molar-refractivity contribution in [3.8, 4) is 0 Å². The summed E-state index contributed by atoms with van der Waals surface area (Å²) in [6.45, 7) is 10.9. The molecule has 0 radical (unpaired) electrons. The molecule has 7 rings (SSSR count). The fourth-order valence-electron chi connectivity index (χ4n) is 10.3. The molecule has 13 heteroatoms. The van der Waals surface area contributed by atoms with Crippen LogP contribution in [-0.4, -0.2) is 137 Å². The van der Waals surface area contributed by atoms with Crippen LogP contribution in [0, 0.1) is 23.6 Å². The summed E-state index contributed by atoms with van der Waals surface area (Å²) in [6.07, 6.45) is 5.42. The maximum absolute atomic E-state index is 15.0. The lowest BCUT2D eigenvalue weighted by Gasteiger charge is -2.55. The first-order chi connectivity index (χ1) is 25.8. The van der Waals surface area contributed by atoms with E-state index >= 15 is 4.39 Å². The van der Waals surface area contributed by atoms with Gasteiger partial charge < -0.3 is 35.0 Å². The van der Waals surface area contributed by atoms with Crippen molar-refractivity contribution in [2.24, 2.45) is 23.5 Å². The van der Waals surface area contributed by atoms with Gasteiger partial charge in [0, 0.05) is 75.2 Å². The van der Waals surface area contributed by atoms with E-state index < -0.39 is 26.8 Å². The number of carbonyl (C=O) groups excluding carboxylic acids is 2. The second-order valence-corrected chi connectivity index (χ2v) is 19.4. The average Bonchev–Trinajstić information content (AvgIpc) is 3.45. The number of amides is 2. The Labute approximate surface area is 320 Å². The molecule has 3 atom stereocenters. The summed E-state index contributed by atoms with van der Waals surface area (Å²) in [6, 6.07) is 14.4. The van der Waals surface area contributed by atoms with Crippen LogP contribution in [0.5, 0.6) is 0 Å². The van der Waals surface area contributed by atoms with Crippen LogP contribution >= 0.6 is 0 Å². The Bertz CT molecular complexity index is 1750. The molecule has 4 heterocycles. The predicted octanol–water partition coefficient (Wildman–Crippen LogP) is 4.21. The van der Waals surface area contributed by atoms with Crippen molar-refractivity contribution in [2.45, 2.75) is 73.0 Å². The summed E-state index contributed by atoms with van der Waals surface area (Å²) in [5.41, 5.74) is 6.64. The molecule has 1 saturated carbocycles. The maximum atomic E-state index is 15.0. The fourth-order valence-corrected chi connectivity index (χ4v) is 11.9. The number of carbonyl (C=O) groups is 2. The number of nitrogens with zero attached hydrogens (tertiary/aromatic N) is 5. The lowest BCUT2D eigenvalue weighted by molar-refractivity contribution is -0.134. The predicted molar refractivity (Wildman–Crippen MR) is 208 cm³/mol. The minimum Gasteiger partial charge on any atom is -0.443 e. The molecule has 2 aromatic carbocycles. The second-order valence-electron chi connectivity index (χ2n) is 17.2. The molecule has 296 valence electrons. The Kier molecular flexibility index (Phi) is 11.3. The van der Waals surface area contributed by atoms with Gasteiger partial charge in [0.1, 0.15) is 16.7 Å². The summed E-state index contributed by atoms with van der Waals surface area (Å²) < 4.78 is 47.5. The van der Waals surface area contributed by atoms with E-state index in [4.69, 9.17) is 10.5 Å². The van der Waals surface area contributed by atoms with Crippen molar-refractivity contribution in [3.05, 3.63) is 59.9 Å². The Hall–Kier alpha value is -3.26. The molecule has 2 unspecified atom stereocenters. The van der Waals surface area contributed by atoms with Crippen molar-refractivity contribution in [3.63, 3.8) is 0 Å². The van der Waals surface area contributed by atoms with Gasteiger partial charge in [0.25, 0.3) is 0 Å². The summed E-state index contributed by atoms with van der Waals surface area (Å²) >= 11 is 0. The Morgan fingerprint density at radius 2 is 1.67 bits per heavy atom. The van der Waals surface area contributed by atoms with Crippen molar-refractivity contribution >= 4 is 27.5 Å². The maximum Gasteiger partial charge on any atom is 0.405 e. The third-order valence-electron chi connectivity index (χ3n) is 13.4. The molecule has 1 aliphatic carbocycles. The summed E-state index contributed by atoms with van der Waals surface area (Å²) in [5, 5.41) is -0.551. The van der Waals surface area contributed by atoms with Gasteiger partial charge in [-0.1, -0.05) is 12.1 Å². The van der Waals surface area contributed by atoms with Gasteiger partial charge in [-0.2, -0.15) is 0 Å². The van der Waals surface area contributed by atoms with Gasteiger partial charge >= 0.3 is 6.09 Å². The topological polar surface area (TPSA) is 120 Å².